The van der Waals surface area contributed by atoms with Gasteiger partial charge < -0.3 is 5.11 Å². The lowest BCUT2D eigenvalue weighted by atomic mass is 9.85. The summed E-state index contributed by atoms with van der Waals surface area (Å²) in [6, 6.07) is 15.1. The van der Waals surface area contributed by atoms with Crippen molar-refractivity contribution in [2.45, 2.75) is 19.4 Å². The van der Waals surface area contributed by atoms with Crippen LogP contribution in [0.1, 0.15) is 35.5 Å². The van der Waals surface area contributed by atoms with Crippen LogP contribution in [0.25, 0.3) is 22.0 Å². The second-order valence-corrected chi connectivity index (χ2v) is 6.19. The van der Waals surface area contributed by atoms with E-state index in [0.717, 1.165) is 22.0 Å². The number of pyridine rings is 1. The average molecular weight is 289 g/mol. The normalized spacial score (nSPS) is 13.3. The molecule has 0 saturated carbocycles. The summed E-state index contributed by atoms with van der Waals surface area (Å²) in [5.41, 5.74) is 2.54. The van der Waals surface area contributed by atoms with Gasteiger partial charge >= 0.3 is 0 Å². The number of hydrogen-bond acceptors (Lipinski definition) is 3. The van der Waals surface area contributed by atoms with Crippen molar-refractivity contribution < 1.29 is 9.90 Å². The first kappa shape index (κ1) is 13.2. The molecule has 0 radical (unpaired) electrons. The van der Waals surface area contributed by atoms with E-state index in [1.807, 2.05) is 48.5 Å². The van der Waals surface area contributed by atoms with Crippen molar-refractivity contribution in [3.8, 4) is 11.3 Å². The molecule has 1 aliphatic rings. The van der Waals surface area contributed by atoms with E-state index in [4.69, 9.17) is 0 Å². The molecule has 1 aromatic heterocycles. The molecule has 1 N–H and O–H groups in total. The number of carbonyl (C=O) groups is 1. The maximum absolute atomic E-state index is 12.7. The summed E-state index contributed by atoms with van der Waals surface area (Å²) in [4.78, 5) is 17.4. The lowest BCUT2D eigenvalue weighted by molar-refractivity contribution is 0.0741. The summed E-state index contributed by atoms with van der Waals surface area (Å²) in [5.74, 6) is 0.0338. The Labute approximate surface area is 128 Å². The first-order chi connectivity index (χ1) is 10.5. The van der Waals surface area contributed by atoms with Crippen molar-refractivity contribution in [3.63, 3.8) is 0 Å². The van der Waals surface area contributed by atoms with Gasteiger partial charge in [0.15, 0.2) is 5.78 Å². The molecular weight excluding hydrogens is 274 g/mol. The zero-order chi connectivity index (χ0) is 15.5. The Hall–Kier alpha value is -2.52. The van der Waals surface area contributed by atoms with E-state index in [1.165, 1.54) is 0 Å². The van der Waals surface area contributed by atoms with Gasteiger partial charge in [0.2, 0.25) is 0 Å². The molecule has 0 bridgehead atoms. The molecular formula is C19H15NO2. The molecule has 0 saturated heterocycles. The predicted octanol–water partition coefficient (Wildman–Crippen LogP) is 3.67. The Morgan fingerprint density at radius 3 is 2.36 bits per heavy atom. The van der Waals surface area contributed by atoms with Crippen molar-refractivity contribution in [3.05, 3.63) is 65.4 Å². The molecule has 0 amide bonds. The van der Waals surface area contributed by atoms with Crippen molar-refractivity contribution >= 4 is 16.6 Å². The second-order valence-electron chi connectivity index (χ2n) is 6.19. The number of ketones is 1. The number of aromatic nitrogens is 1. The fourth-order valence-corrected chi connectivity index (χ4v) is 3.04. The van der Waals surface area contributed by atoms with E-state index >= 15 is 0 Å². The van der Waals surface area contributed by atoms with Crippen molar-refractivity contribution in [1.82, 2.24) is 4.98 Å². The van der Waals surface area contributed by atoms with Crippen molar-refractivity contribution in [2.24, 2.45) is 0 Å². The minimum atomic E-state index is -1.03. The van der Waals surface area contributed by atoms with E-state index in [0.29, 0.717) is 16.8 Å². The predicted molar refractivity (Wildman–Crippen MR) is 85.9 cm³/mol. The van der Waals surface area contributed by atoms with E-state index < -0.39 is 5.60 Å². The molecule has 0 aliphatic heterocycles. The van der Waals surface area contributed by atoms with Crippen LogP contribution in [0.15, 0.2) is 48.5 Å². The molecule has 108 valence electrons. The Balaban J connectivity index is 2.20. The summed E-state index contributed by atoms with van der Waals surface area (Å²) in [5, 5.41) is 12.1. The van der Waals surface area contributed by atoms with Crippen LogP contribution in [0.5, 0.6) is 0 Å². The molecule has 3 heteroatoms. The fraction of sp³-hybridized carbons (Fsp3) is 0.158. The maximum atomic E-state index is 12.7. The Morgan fingerprint density at radius 1 is 0.955 bits per heavy atom. The first-order valence-corrected chi connectivity index (χ1v) is 7.27. The molecule has 0 fully saturated rings. The molecule has 0 atom stereocenters. The molecule has 22 heavy (non-hydrogen) atoms. The summed E-state index contributed by atoms with van der Waals surface area (Å²) in [6.07, 6.45) is 0. The number of benzene rings is 2. The Kier molecular flexibility index (Phi) is 2.54. The molecule has 3 nitrogen and oxygen atoms in total. The third-order valence-electron chi connectivity index (χ3n) is 4.16. The van der Waals surface area contributed by atoms with Crippen LogP contribution in [-0.4, -0.2) is 15.9 Å². The van der Waals surface area contributed by atoms with Gasteiger partial charge in [-0.15, -0.1) is 0 Å². The highest BCUT2D eigenvalue weighted by Gasteiger charge is 2.28. The summed E-state index contributed by atoms with van der Waals surface area (Å²) in [6.45, 7) is 3.44. The monoisotopic (exact) mass is 289 g/mol. The third-order valence-corrected chi connectivity index (χ3v) is 4.16. The van der Waals surface area contributed by atoms with Crippen molar-refractivity contribution in [2.75, 3.05) is 0 Å². The largest absolute Gasteiger partial charge is 0.384 e. The molecule has 1 aliphatic carbocycles. The topological polar surface area (TPSA) is 50.2 Å². The van der Waals surface area contributed by atoms with E-state index in [2.05, 4.69) is 4.98 Å². The van der Waals surface area contributed by atoms with Crippen LogP contribution in [0.2, 0.25) is 0 Å². The van der Waals surface area contributed by atoms with Crippen LogP contribution in [0.3, 0.4) is 0 Å². The number of aliphatic hydroxyl groups is 1. The fourth-order valence-electron chi connectivity index (χ4n) is 3.04. The molecule has 2 aromatic carbocycles. The maximum Gasteiger partial charge on any atom is 0.194 e. The lowest BCUT2D eigenvalue weighted by Crippen LogP contribution is -2.19. The molecule has 0 unspecified atom stereocenters. The lowest BCUT2D eigenvalue weighted by Gasteiger charge is -2.23. The Morgan fingerprint density at radius 2 is 1.64 bits per heavy atom. The summed E-state index contributed by atoms with van der Waals surface area (Å²) < 4.78 is 0. The molecule has 3 aromatic rings. The van der Waals surface area contributed by atoms with E-state index in [1.54, 1.807) is 13.8 Å². The van der Waals surface area contributed by atoms with E-state index in [9.17, 15) is 9.90 Å². The van der Waals surface area contributed by atoms with Gasteiger partial charge in [0.25, 0.3) is 0 Å². The first-order valence-electron chi connectivity index (χ1n) is 7.27. The van der Waals surface area contributed by atoms with Gasteiger partial charge in [-0.05, 0) is 25.3 Å². The number of rotatable bonds is 1. The van der Waals surface area contributed by atoms with Gasteiger partial charge in [-0.1, -0.05) is 42.5 Å². The number of hydrogen-bond donors (Lipinski definition) is 1. The number of nitrogens with zero attached hydrogens (tertiary/aromatic N) is 1. The summed E-state index contributed by atoms with van der Waals surface area (Å²) >= 11 is 0. The third kappa shape index (κ3) is 1.72. The van der Waals surface area contributed by atoms with Gasteiger partial charge in [0.1, 0.15) is 5.60 Å². The van der Waals surface area contributed by atoms with Crippen LogP contribution in [0.4, 0.5) is 0 Å². The van der Waals surface area contributed by atoms with Gasteiger partial charge in [0, 0.05) is 22.1 Å². The smallest absolute Gasteiger partial charge is 0.194 e. The van der Waals surface area contributed by atoms with Gasteiger partial charge in [0.05, 0.1) is 11.4 Å². The van der Waals surface area contributed by atoms with Crippen LogP contribution in [-0.2, 0) is 5.60 Å². The molecule has 0 spiro atoms. The quantitative estimate of drug-likeness (QED) is 0.581. The van der Waals surface area contributed by atoms with E-state index in [-0.39, 0.29) is 5.78 Å². The van der Waals surface area contributed by atoms with Gasteiger partial charge in [-0.25, -0.2) is 4.98 Å². The summed E-state index contributed by atoms with van der Waals surface area (Å²) in [7, 11) is 0. The minimum absolute atomic E-state index is 0.0338. The number of carbonyl (C=O) groups excluding carboxylic acids is 1. The van der Waals surface area contributed by atoms with Crippen LogP contribution >= 0.6 is 0 Å². The minimum Gasteiger partial charge on any atom is -0.384 e. The second kappa shape index (κ2) is 4.24. The highest BCUT2D eigenvalue weighted by atomic mass is 16.3. The van der Waals surface area contributed by atoms with Gasteiger partial charge in [-0.3, -0.25) is 4.79 Å². The van der Waals surface area contributed by atoms with Crippen LogP contribution < -0.4 is 0 Å². The average Bonchev–Trinajstić information content (AvgIpc) is 2.51. The molecule has 1 heterocycles. The van der Waals surface area contributed by atoms with Gasteiger partial charge in [-0.2, -0.15) is 0 Å². The zero-order valence-corrected chi connectivity index (χ0v) is 12.4. The SMILES string of the molecule is CC(C)(O)c1cc2cccc3c2c(n1)-c1ccccc1C3=O. The Bertz CT molecular complexity index is 936. The van der Waals surface area contributed by atoms with Crippen molar-refractivity contribution in [1.29, 1.82) is 0 Å². The highest BCUT2D eigenvalue weighted by Crippen LogP contribution is 2.39. The van der Waals surface area contributed by atoms with Crippen LogP contribution in [0, 0.1) is 0 Å². The molecule has 4 rings (SSSR count). The zero-order valence-electron chi connectivity index (χ0n) is 12.4. The standard InChI is InChI=1S/C19H15NO2/c1-19(2,22)15-10-11-6-5-9-14-16(11)17(20-15)12-7-3-4-8-13(12)18(14)21/h3-10,22H,1-2H3. The number of fused-ring (bicyclic) bond motifs is 2. The highest BCUT2D eigenvalue weighted by molar-refractivity contribution is 6.25.